The van der Waals surface area contributed by atoms with Crippen LogP contribution in [0, 0.1) is 0 Å². The topological polar surface area (TPSA) is 32.7 Å². The molecule has 0 unspecified atom stereocenters. The molecule has 0 heterocycles. The molecule has 3 heteroatoms. The van der Waals surface area contributed by atoms with E-state index in [-0.39, 0.29) is 5.75 Å². The van der Waals surface area contributed by atoms with Gasteiger partial charge in [0.05, 0.1) is 0 Å². The number of phenolic OH excluding ortho intramolecular Hbond substituents is 1. The Kier molecular flexibility index (Phi) is 5.18. The second kappa shape index (κ2) is 7.91. The summed E-state index contributed by atoms with van der Waals surface area (Å²) in [6.07, 6.45) is 1.93. The van der Waals surface area contributed by atoms with Crippen LogP contribution in [0.15, 0.2) is 78.4 Å². The largest absolute Gasteiger partial charge is 0.508 e. The second-order valence-electron chi connectivity index (χ2n) is 7.46. The quantitative estimate of drug-likeness (QED) is 0.643. The van der Waals surface area contributed by atoms with E-state index in [4.69, 9.17) is 4.74 Å². The normalized spacial score (nSPS) is 13.5. The predicted octanol–water partition coefficient (Wildman–Crippen LogP) is 5.49. The highest BCUT2D eigenvalue weighted by atomic mass is 16.5. The molecule has 0 aliphatic heterocycles. The summed E-state index contributed by atoms with van der Waals surface area (Å²) >= 11 is 0. The number of fused-ring (bicyclic) bond motifs is 1. The molecule has 0 atom stereocenters. The van der Waals surface area contributed by atoms with E-state index in [1.165, 1.54) is 22.3 Å². The van der Waals surface area contributed by atoms with Crippen molar-refractivity contribution < 1.29 is 9.84 Å². The van der Waals surface area contributed by atoms with Crippen LogP contribution in [0.25, 0.3) is 5.57 Å². The third kappa shape index (κ3) is 3.80. The van der Waals surface area contributed by atoms with Crippen LogP contribution < -0.4 is 4.74 Å². The molecule has 142 valence electrons. The van der Waals surface area contributed by atoms with Crippen molar-refractivity contribution >= 4 is 5.57 Å². The number of para-hydroxylation sites is 1. The Balaban J connectivity index is 1.83. The minimum atomic E-state index is 0.290. The van der Waals surface area contributed by atoms with Gasteiger partial charge in [0, 0.05) is 12.1 Å². The molecule has 3 aromatic rings. The zero-order valence-electron chi connectivity index (χ0n) is 16.4. The number of aromatic hydroxyl groups is 1. The predicted molar refractivity (Wildman–Crippen MR) is 114 cm³/mol. The van der Waals surface area contributed by atoms with Crippen molar-refractivity contribution in [2.75, 3.05) is 20.6 Å². The van der Waals surface area contributed by atoms with Crippen molar-refractivity contribution in [2.45, 2.75) is 12.8 Å². The number of hydrogen-bond acceptors (Lipinski definition) is 3. The van der Waals surface area contributed by atoms with E-state index in [0.717, 1.165) is 36.4 Å². The first-order valence-electron chi connectivity index (χ1n) is 9.63. The van der Waals surface area contributed by atoms with Gasteiger partial charge in [-0.3, -0.25) is 0 Å². The van der Waals surface area contributed by atoms with E-state index in [2.05, 4.69) is 37.2 Å². The molecule has 0 radical (unpaired) electrons. The fourth-order valence-corrected chi connectivity index (χ4v) is 3.92. The van der Waals surface area contributed by atoms with Gasteiger partial charge in [0.2, 0.25) is 0 Å². The van der Waals surface area contributed by atoms with E-state index in [9.17, 15) is 5.11 Å². The van der Waals surface area contributed by atoms with Gasteiger partial charge < -0.3 is 14.7 Å². The minimum absolute atomic E-state index is 0.290. The lowest BCUT2D eigenvalue weighted by molar-refractivity contribution is 0.437. The summed E-state index contributed by atoms with van der Waals surface area (Å²) in [5, 5.41) is 10.1. The molecule has 1 aliphatic carbocycles. The fraction of sp³-hybridized carbons (Fsp3) is 0.200. The standard InChI is InChI=1S/C25H25NO2/c1-26(2)17-19-14-15-22-23(25(19)18-8-6-9-20(27)16-18)12-7-13-24(22)28-21-10-4-3-5-11-21/h3-13,16,27H,14-15,17H2,1-2H3. The van der Waals surface area contributed by atoms with Gasteiger partial charge in [0.25, 0.3) is 0 Å². The van der Waals surface area contributed by atoms with Gasteiger partial charge in [-0.15, -0.1) is 0 Å². The second-order valence-corrected chi connectivity index (χ2v) is 7.46. The first-order chi connectivity index (χ1) is 13.6. The zero-order valence-corrected chi connectivity index (χ0v) is 16.4. The molecular formula is C25H25NO2. The third-order valence-corrected chi connectivity index (χ3v) is 5.05. The van der Waals surface area contributed by atoms with Crippen LogP contribution in [-0.2, 0) is 6.42 Å². The zero-order chi connectivity index (χ0) is 19.5. The van der Waals surface area contributed by atoms with Crippen molar-refractivity contribution in [2.24, 2.45) is 0 Å². The average molecular weight is 371 g/mol. The highest BCUT2D eigenvalue weighted by Crippen LogP contribution is 2.41. The Bertz CT molecular complexity index is 1010. The smallest absolute Gasteiger partial charge is 0.131 e. The summed E-state index contributed by atoms with van der Waals surface area (Å²) in [4.78, 5) is 2.20. The number of nitrogens with zero attached hydrogens (tertiary/aromatic N) is 1. The van der Waals surface area contributed by atoms with Crippen LogP contribution in [0.1, 0.15) is 23.1 Å². The van der Waals surface area contributed by atoms with Gasteiger partial charge in [-0.05, 0) is 79.5 Å². The Labute approximate surface area is 166 Å². The fourth-order valence-electron chi connectivity index (χ4n) is 3.92. The summed E-state index contributed by atoms with van der Waals surface area (Å²) < 4.78 is 6.22. The Morgan fingerprint density at radius 1 is 0.893 bits per heavy atom. The number of ether oxygens (including phenoxy) is 1. The molecule has 0 aromatic heterocycles. The molecule has 4 rings (SSSR count). The van der Waals surface area contributed by atoms with Gasteiger partial charge in [-0.1, -0.05) is 42.5 Å². The van der Waals surface area contributed by atoms with E-state index in [1.54, 1.807) is 6.07 Å². The third-order valence-electron chi connectivity index (χ3n) is 5.05. The SMILES string of the molecule is CN(C)CC1=C(c2cccc(O)c2)c2cccc(Oc3ccccc3)c2CC1. The van der Waals surface area contributed by atoms with E-state index in [1.807, 2.05) is 48.5 Å². The molecule has 0 saturated heterocycles. The van der Waals surface area contributed by atoms with E-state index >= 15 is 0 Å². The molecule has 0 spiro atoms. The summed E-state index contributed by atoms with van der Waals surface area (Å²) in [6.45, 7) is 0.897. The Hall–Kier alpha value is -3.04. The number of benzene rings is 3. The lowest BCUT2D eigenvalue weighted by Crippen LogP contribution is -2.19. The molecule has 1 aliphatic rings. The molecule has 28 heavy (non-hydrogen) atoms. The monoisotopic (exact) mass is 371 g/mol. The van der Waals surface area contributed by atoms with Crippen LogP contribution in [0.4, 0.5) is 0 Å². The molecule has 0 fully saturated rings. The highest BCUT2D eigenvalue weighted by molar-refractivity contribution is 5.86. The van der Waals surface area contributed by atoms with Crippen molar-refractivity contribution in [3.05, 3.63) is 95.1 Å². The highest BCUT2D eigenvalue weighted by Gasteiger charge is 2.23. The van der Waals surface area contributed by atoms with Crippen LogP contribution in [-0.4, -0.2) is 30.6 Å². The van der Waals surface area contributed by atoms with Crippen molar-refractivity contribution in [3.8, 4) is 17.2 Å². The molecular weight excluding hydrogens is 346 g/mol. The van der Waals surface area contributed by atoms with Gasteiger partial charge >= 0.3 is 0 Å². The first-order valence-corrected chi connectivity index (χ1v) is 9.63. The maximum absolute atomic E-state index is 10.1. The molecule has 3 nitrogen and oxygen atoms in total. The lowest BCUT2D eigenvalue weighted by atomic mass is 9.81. The minimum Gasteiger partial charge on any atom is -0.508 e. The maximum Gasteiger partial charge on any atom is 0.131 e. The Morgan fingerprint density at radius 3 is 2.43 bits per heavy atom. The van der Waals surface area contributed by atoms with Crippen LogP contribution in [0.2, 0.25) is 0 Å². The van der Waals surface area contributed by atoms with E-state index in [0.29, 0.717) is 0 Å². The average Bonchev–Trinajstić information content (AvgIpc) is 2.68. The van der Waals surface area contributed by atoms with E-state index < -0.39 is 0 Å². The van der Waals surface area contributed by atoms with Crippen molar-refractivity contribution in [1.29, 1.82) is 0 Å². The summed E-state index contributed by atoms with van der Waals surface area (Å²) in [7, 11) is 4.19. The number of hydrogen-bond donors (Lipinski definition) is 1. The molecule has 0 bridgehead atoms. The summed E-state index contributed by atoms with van der Waals surface area (Å²) in [5.41, 5.74) is 6.08. The van der Waals surface area contributed by atoms with Crippen LogP contribution in [0.3, 0.4) is 0 Å². The number of likely N-dealkylation sites (N-methyl/N-ethyl adjacent to an activating group) is 1. The summed E-state index contributed by atoms with van der Waals surface area (Å²) in [6, 6.07) is 23.7. The van der Waals surface area contributed by atoms with Crippen molar-refractivity contribution in [1.82, 2.24) is 4.90 Å². The molecule has 1 N–H and O–H groups in total. The molecule has 0 saturated carbocycles. The van der Waals surface area contributed by atoms with Gasteiger partial charge in [0.1, 0.15) is 17.2 Å². The maximum atomic E-state index is 10.1. The van der Waals surface area contributed by atoms with Crippen LogP contribution in [0.5, 0.6) is 17.2 Å². The Morgan fingerprint density at radius 2 is 1.68 bits per heavy atom. The van der Waals surface area contributed by atoms with Gasteiger partial charge in [-0.2, -0.15) is 0 Å². The van der Waals surface area contributed by atoms with Gasteiger partial charge in [0.15, 0.2) is 0 Å². The number of phenols is 1. The summed E-state index contributed by atoms with van der Waals surface area (Å²) in [5.74, 6) is 2.04. The van der Waals surface area contributed by atoms with Crippen LogP contribution >= 0.6 is 0 Å². The molecule has 3 aromatic carbocycles. The first kappa shape index (κ1) is 18.3. The lowest BCUT2D eigenvalue weighted by Gasteiger charge is -2.27. The van der Waals surface area contributed by atoms with Crippen molar-refractivity contribution in [3.63, 3.8) is 0 Å². The number of rotatable bonds is 5. The van der Waals surface area contributed by atoms with Gasteiger partial charge in [-0.25, -0.2) is 0 Å². The molecule has 0 amide bonds.